The molecule has 0 radical (unpaired) electrons. The molecular formula is C27H24N6O2S. The van der Waals surface area contributed by atoms with Crippen LogP contribution in [0.15, 0.2) is 96.4 Å². The molecule has 0 aliphatic heterocycles. The quantitative estimate of drug-likeness (QED) is 0.316. The first-order valence-electron chi connectivity index (χ1n) is 11.5. The predicted octanol–water partition coefficient (Wildman–Crippen LogP) is 3.96. The summed E-state index contributed by atoms with van der Waals surface area (Å²) in [6, 6.07) is 22.2. The van der Waals surface area contributed by atoms with Crippen LogP contribution in [-0.4, -0.2) is 36.2 Å². The van der Waals surface area contributed by atoms with Gasteiger partial charge < -0.3 is 9.88 Å². The zero-order valence-corrected chi connectivity index (χ0v) is 20.2. The molecule has 36 heavy (non-hydrogen) atoms. The van der Waals surface area contributed by atoms with E-state index in [9.17, 15) is 9.00 Å². The fourth-order valence-electron chi connectivity index (χ4n) is 3.95. The van der Waals surface area contributed by atoms with E-state index in [1.54, 1.807) is 48.9 Å². The highest BCUT2D eigenvalue weighted by Gasteiger charge is 2.16. The molecule has 2 heterocycles. The van der Waals surface area contributed by atoms with E-state index >= 15 is 0 Å². The summed E-state index contributed by atoms with van der Waals surface area (Å²) in [5.74, 6) is -0.159. The summed E-state index contributed by atoms with van der Waals surface area (Å²) in [5, 5.41) is 8.57. The van der Waals surface area contributed by atoms with Crippen molar-refractivity contribution in [3.05, 3.63) is 97.1 Å². The van der Waals surface area contributed by atoms with Gasteiger partial charge in [0.1, 0.15) is 11.0 Å². The number of carbonyl (C=O) groups excluding carboxylic acids is 1. The number of rotatable bonds is 8. The highest BCUT2D eigenvalue weighted by molar-refractivity contribution is 7.82. The molecule has 0 saturated heterocycles. The Hall–Kier alpha value is -4.21. The minimum Gasteiger partial charge on any atom is -0.352 e. The van der Waals surface area contributed by atoms with Gasteiger partial charge in [0, 0.05) is 42.2 Å². The number of amides is 1. The lowest BCUT2D eigenvalue weighted by atomic mass is 10.0. The minimum atomic E-state index is -1.61. The lowest BCUT2D eigenvalue weighted by Crippen LogP contribution is -2.25. The molecule has 1 atom stereocenters. The van der Waals surface area contributed by atoms with E-state index in [0.717, 1.165) is 24.1 Å². The van der Waals surface area contributed by atoms with Crippen LogP contribution in [0.4, 0.5) is 0 Å². The van der Waals surface area contributed by atoms with E-state index in [-0.39, 0.29) is 5.91 Å². The van der Waals surface area contributed by atoms with Crippen molar-refractivity contribution in [3.8, 4) is 22.5 Å². The van der Waals surface area contributed by atoms with Crippen molar-refractivity contribution in [1.29, 1.82) is 0 Å². The number of nitrogens with zero attached hydrogens (tertiary/aromatic N) is 4. The fraction of sp³-hybridized carbons (Fsp3) is 0.111. The molecule has 0 saturated carbocycles. The minimum absolute atomic E-state index is 0.159. The van der Waals surface area contributed by atoms with Crippen molar-refractivity contribution in [1.82, 2.24) is 24.8 Å². The molecular weight excluding hydrogens is 472 g/mol. The van der Waals surface area contributed by atoms with Crippen LogP contribution in [0, 0.1) is 0 Å². The zero-order chi connectivity index (χ0) is 24.9. The number of nitrogens with two attached hydrogens (primary N) is 1. The Morgan fingerprint density at radius 1 is 0.917 bits per heavy atom. The molecule has 8 nitrogen and oxygen atoms in total. The molecule has 0 fully saturated rings. The van der Waals surface area contributed by atoms with E-state index in [1.165, 1.54) is 0 Å². The van der Waals surface area contributed by atoms with Gasteiger partial charge in [0.25, 0.3) is 5.91 Å². The average molecular weight is 497 g/mol. The van der Waals surface area contributed by atoms with Crippen molar-refractivity contribution >= 4 is 27.9 Å². The van der Waals surface area contributed by atoms with Crippen LogP contribution in [0.5, 0.6) is 0 Å². The van der Waals surface area contributed by atoms with Crippen molar-refractivity contribution in [3.63, 3.8) is 0 Å². The molecule has 3 N–H and O–H groups in total. The molecule has 0 aliphatic rings. The predicted molar refractivity (Wildman–Crippen MR) is 140 cm³/mol. The van der Waals surface area contributed by atoms with Crippen LogP contribution in [0.3, 0.4) is 0 Å². The van der Waals surface area contributed by atoms with Gasteiger partial charge in [-0.1, -0.05) is 42.5 Å². The molecule has 180 valence electrons. The fourth-order valence-corrected chi connectivity index (χ4v) is 4.40. The van der Waals surface area contributed by atoms with Crippen LogP contribution >= 0.6 is 0 Å². The summed E-state index contributed by atoms with van der Waals surface area (Å²) >= 11 is 0. The van der Waals surface area contributed by atoms with Crippen LogP contribution in [0.1, 0.15) is 16.8 Å². The maximum Gasteiger partial charge on any atom is 0.251 e. The van der Waals surface area contributed by atoms with Crippen molar-refractivity contribution in [2.45, 2.75) is 17.9 Å². The third-order valence-corrected chi connectivity index (χ3v) is 6.47. The third-order valence-electron chi connectivity index (χ3n) is 5.75. The van der Waals surface area contributed by atoms with Gasteiger partial charge in [-0.3, -0.25) is 4.79 Å². The van der Waals surface area contributed by atoms with Gasteiger partial charge in [0.05, 0.1) is 33.6 Å². The van der Waals surface area contributed by atoms with Gasteiger partial charge in [0.15, 0.2) is 0 Å². The van der Waals surface area contributed by atoms with Gasteiger partial charge in [-0.15, -0.1) is 0 Å². The highest BCUT2D eigenvalue weighted by Crippen LogP contribution is 2.32. The van der Waals surface area contributed by atoms with Crippen molar-refractivity contribution in [2.75, 3.05) is 6.54 Å². The Bertz CT molecular complexity index is 1540. The largest absolute Gasteiger partial charge is 0.352 e. The van der Waals surface area contributed by atoms with E-state index in [2.05, 4.69) is 10.3 Å². The first-order chi connectivity index (χ1) is 17.6. The first kappa shape index (κ1) is 23.5. The maximum absolute atomic E-state index is 12.8. The summed E-state index contributed by atoms with van der Waals surface area (Å²) in [7, 11) is -1.61. The number of carbonyl (C=O) groups is 1. The summed E-state index contributed by atoms with van der Waals surface area (Å²) < 4.78 is 13.8. The number of aryl methyl sites for hydroxylation is 1. The Kier molecular flexibility index (Phi) is 6.92. The number of hydrogen-bond donors (Lipinski definition) is 2. The lowest BCUT2D eigenvalue weighted by Gasteiger charge is -2.12. The number of benzene rings is 3. The van der Waals surface area contributed by atoms with Crippen LogP contribution in [0.25, 0.3) is 33.5 Å². The summed E-state index contributed by atoms with van der Waals surface area (Å²) in [5.41, 5.74) is 4.75. The second kappa shape index (κ2) is 10.6. The van der Waals surface area contributed by atoms with Gasteiger partial charge in [-0.25, -0.2) is 24.3 Å². The molecule has 0 bridgehead atoms. The van der Waals surface area contributed by atoms with E-state index < -0.39 is 11.0 Å². The molecule has 3 aromatic carbocycles. The lowest BCUT2D eigenvalue weighted by molar-refractivity contribution is 0.0953. The van der Waals surface area contributed by atoms with Crippen molar-refractivity contribution in [2.24, 2.45) is 5.14 Å². The number of hydrogen-bond acceptors (Lipinski definition) is 5. The Labute approximate surface area is 210 Å². The summed E-state index contributed by atoms with van der Waals surface area (Å²) in [4.78, 5) is 27.1. The SMILES string of the molecule is NS(=O)c1cccc(-c2nc3ccc(C(=O)NCCCn4ccnc4)cc3nc2-c2ccccc2)c1. The normalized spacial score (nSPS) is 11.9. The molecule has 2 aromatic heterocycles. The standard InChI is InChI=1S/C27H24N6O2S/c28-36(35)22-9-4-8-20(16-22)26-25(19-6-2-1-3-7-19)32-24-17-21(10-11-23(24)31-26)27(34)30-12-5-14-33-15-13-29-18-33/h1-4,6-11,13,15-18H,5,12,14,28H2,(H,30,34). The second-order valence-electron chi connectivity index (χ2n) is 8.23. The van der Waals surface area contributed by atoms with Gasteiger partial charge in [-0.05, 0) is 36.8 Å². The monoisotopic (exact) mass is 496 g/mol. The van der Waals surface area contributed by atoms with E-state index in [0.29, 0.717) is 39.4 Å². The second-order valence-corrected chi connectivity index (χ2v) is 9.29. The first-order valence-corrected chi connectivity index (χ1v) is 12.7. The van der Waals surface area contributed by atoms with Gasteiger partial charge >= 0.3 is 0 Å². The molecule has 1 unspecified atom stereocenters. The Morgan fingerprint density at radius 2 is 1.69 bits per heavy atom. The van der Waals surface area contributed by atoms with Crippen LogP contribution < -0.4 is 10.5 Å². The molecule has 5 aromatic rings. The summed E-state index contributed by atoms with van der Waals surface area (Å²) in [6.45, 7) is 1.33. The highest BCUT2D eigenvalue weighted by atomic mass is 32.2. The van der Waals surface area contributed by atoms with Gasteiger partial charge in [0.2, 0.25) is 0 Å². The Balaban J connectivity index is 1.47. The van der Waals surface area contributed by atoms with Crippen molar-refractivity contribution < 1.29 is 9.00 Å². The molecule has 0 spiro atoms. The molecule has 0 aliphatic carbocycles. The van der Waals surface area contributed by atoms with Gasteiger partial charge in [-0.2, -0.15) is 0 Å². The summed E-state index contributed by atoms with van der Waals surface area (Å²) in [6.07, 6.45) is 6.19. The Morgan fingerprint density at radius 3 is 2.47 bits per heavy atom. The molecule has 1 amide bonds. The average Bonchev–Trinajstić information content (AvgIpc) is 3.44. The zero-order valence-electron chi connectivity index (χ0n) is 19.4. The smallest absolute Gasteiger partial charge is 0.251 e. The maximum atomic E-state index is 12.8. The molecule has 9 heteroatoms. The van der Waals surface area contributed by atoms with E-state index in [4.69, 9.17) is 15.1 Å². The third kappa shape index (κ3) is 5.22. The topological polar surface area (TPSA) is 116 Å². The van der Waals surface area contributed by atoms with E-state index in [1.807, 2.05) is 47.2 Å². The molecule has 5 rings (SSSR count). The number of nitrogens with one attached hydrogen (secondary N) is 1. The van der Waals surface area contributed by atoms with Crippen LogP contribution in [0.2, 0.25) is 0 Å². The van der Waals surface area contributed by atoms with Crippen LogP contribution in [-0.2, 0) is 17.5 Å². The number of aromatic nitrogens is 4. The number of imidazole rings is 1. The number of fused-ring (bicyclic) bond motifs is 1.